The van der Waals surface area contributed by atoms with Crippen molar-refractivity contribution < 1.29 is 15.1 Å². The Morgan fingerprint density at radius 1 is 1.12 bits per heavy atom. The molecule has 3 heteroatoms. The second-order valence-corrected chi connectivity index (χ2v) is 4.11. The van der Waals surface area contributed by atoms with Gasteiger partial charge in [-0.1, -0.05) is 12.8 Å². The van der Waals surface area contributed by atoms with Gasteiger partial charge in [0.2, 0.25) is 0 Å². The number of halogens is 2. The third kappa shape index (κ3) is 7.20. The summed E-state index contributed by atoms with van der Waals surface area (Å²) >= 11 is -0.226. The number of hydrogen-bond acceptors (Lipinski definition) is 0. The van der Waals surface area contributed by atoms with Crippen molar-refractivity contribution in [3.05, 3.63) is 6.42 Å². The van der Waals surface area contributed by atoms with E-state index in [-0.39, 0.29) is 15.1 Å². The molecular weight excluding hydrogens is 234 g/mol. The fourth-order valence-electron chi connectivity index (χ4n) is 0.722. The molecule has 0 unspecified atom stereocenters. The van der Waals surface area contributed by atoms with Crippen molar-refractivity contribution in [2.45, 2.75) is 25.7 Å². The quantitative estimate of drug-likeness (QED) is 0.452. The minimum absolute atomic E-state index is 0.226. The molecule has 1 aliphatic rings. The van der Waals surface area contributed by atoms with Gasteiger partial charge in [0.25, 0.3) is 0 Å². The van der Waals surface area contributed by atoms with Crippen molar-refractivity contribution in [1.29, 1.82) is 0 Å². The van der Waals surface area contributed by atoms with Crippen LogP contribution in [0.4, 0.5) is 0 Å². The Labute approximate surface area is 66.6 Å². The van der Waals surface area contributed by atoms with Gasteiger partial charge in [-0.15, -0.1) is 0 Å². The zero-order chi connectivity index (χ0) is 6.24. The Hall–Kier alpha value is 1.20. The molecule has 1 fully saturated rings. The Morgan fingerprint density at radius 3 is 1.62 bits per heavy atom. The van der Waals surface area contributed by atoms with Crippen LogP contribution in [-0.2, 0) is 15.1 Å². The molecule has 0 radical (unpaired) electrons. The van der Waals surface area contributed by atoms with Crippen molar-refractivity contribution in [2.75, 3.05) is 0 Å². The molecule has 0 heterocycles. The first kappa shape index (κ1) is 9.20. The maximum atomic E-state index is 4.83. The predicted octanol–water partition coefficient (Wildman–Crippen LogP) is 3.14. The minimum atomic E-state index is -0.226. The molecule has 8 heavy (non-hydrogen) atoms. The van der Waals surface area contributed by atoms with E-state index in [2.05, 4.69) is 6.42 Å². The summed E-state index contributed by atoms with van der Waals surface area (Å²) in [6.45, 7) is 0. The van der Waals surface area contributed by atoms with E-state index in [4.69, 9.17) is 19.4 Å². The Balaban J connectivity index is 0.000000145. The summed E-state index contributed by atoms with van der Waals surface area (Å²) < 4.78 is 0. The van der Waals surface area contributed by atoms with Crippen LogP contribution in [0.1, 0.15) is 25.7 Å². The van der Waals surface area contributed by atoms with Gasteiger partial charge in [0, 0.05) is 0 Å². The van der Waals surface area contributed by atoms with Crippen LogP contribution >= 0.6 is 19.4 Å². The first-order chi connectivity index (χ1) is 3.91. The monoisotopic (exact) mass is 242 g/mol. The summed E-state index contributed by atoms with van der Waals surface area (Å²) in [7, 11) is 9.67. The summed E-state index contributed by atoms with van der Waals surface area (Å²) in [5, 5.41) is 0. The molecule has 0 aliphatic heterocycles. The topological polar surface area (TPSA) is 0 Å². The molecule has 0 amide bonds. The third-order valence-corrected chi connectivity index (χ3v) is 1.07. The Bertz CT molecular complexity index is 29.8. The van der Waals surface area contributed by atoms with Crippen LogP contribution in [0.2, 0.25) is 0 Å². The van der Waals surface area contributed by atoms with Gasteiger partial charge < -0.3 is 6.42 Å². The van der Waals surface area contributed by atoms with Crippen molar-refractivity contribution >= 4 is 19.4 Å². The summed E-state index contributed by atoms with van der Waals surface area (Å²) in [4.78, 5) is 0. The van der Waals surface area contributed by atoms with Gasteiger partial charge in [-0.2, -0.15) is 12.8 Å². The van der Waals surface area contributed by atoms with E-state index in [1.165, 1.54) is 25.7 Å². The normalized spacial score (nSPS) is 17.8. The average molecular weight is 243 g/mol. The molecule has 0 aromatic heterocycles. The zero-order valence-electron chi connectivity index (χ0n) is 4.50. The van der Waals surface area contributed by atoms with Crippen molar-refractivity contribution in [3.8, 4) is 0 Å². The summed E-state index contributed by atoms with van der Waals surface area (Å²) in [6, 6.07) is 0. The van der Waals surface area contributed by atoms with Crippen molar-refractivity contribution in [3.63, 3.8) is 0 Å². The molecule has 0 bridgehead atoms. The maximum absolute atomic E-state index is 4.83. The van der Waals surface area contributed by atoms with E-state index in [1.807, 2.05) is 0 Å². The Morgan fingerprint density at radius 2 is 1.50 bits per heavy atom. The van der Waals surface area contributed by atoms with Gasteiger partial charge in [-0.05, 0) is 0 Å². The second-order valence-electron chi connectivity index (χ2n) is 1.62. The van der Waals surface area contributed by atoms with E-state index >= 15 is 0 Å². The first-order valence-electron chi connectivity index (χ1n) is 2.57. The molecule has 0 atom stereocenters. The first-order valence-corrected chi connectivity index (χ1v) is 6.79. The molecule has 0 spiro atoms. The van der Waals surface area contributed by atoms with E-state index in [0.717, 1.165) is 0 Å². The van der Waals surface area contributed by atoms with Gasteiger partial charge in [0.1, 0.15) is 0 Å². The molecule has 52 valence electrons. The number of rotatable bonds is 0. The second kappa shape index (κ2) is 8.20. The van der Waals surface area contributed by atoms with Crippen LogP contribution in [0.3, 0.4) is 0 Å². The van der Waals surface area contributed by atoms with Crippen LogP contribution in [0, 0.1) is 6.42 Å². The van der Waals surface area contributed by atoms with Gasteiger partial charge in [-0.25, -0.2) is 0 Å². The van der Waals surface area contributed by atoms with E-state index in [1.54, 1.807) is 0 Å². The number of hydrogen-bond donors (Lipinski definition) is 0. The fourth-order valence-corrected chi connectivity index (χ4v) is 0.722. The van der Waals surface area contributed by atoms with Gasteiger partial charge >= 0.3 is 34.5 Å². The third-order valence-electron chi connectivity index (χ3n) is 1.07. The van der Waals surface area contributed by atoms with E-state index in [0.29, 0.717) is 0 Å². The Kier molecular flexibility index (Phi) is 9.44. The van der Waals surface area contributed by atoms with Gasteiger partial charge in [0.15, 0.2) is 0 Å². The molecule has 0 aromatic rings. The van der Waals surface area contributed by atoms with E-state index < -0.39 is 0 Å². The fraction of sp³-hybridized carbons (Fsp3) is 0.800. The summed E-state index contributed by atoms with van der Waals surface area (Å²) in [5.74, 6) is 0. The molecule has 0 N–H and O–H groups in total. The van der Waals surface area contributed by atoms with E-state index in [9.17, 15) is 0 Å². The standard InChI is InChI=1S/C5H9.2ClH.Rh/c1-2-4-5-3-1;;;/h1H,2-5H2;2*1H;/q-1;;;+3/p-2. The van der Waals surface area contributed by atoms with Crippen LogP contribution in [0.15, 0.2) is 0 Å². The molecule has 0 aromatic carbocycles. The van der Waals surface area contributed by atoms with Crippen LogP contribution < -0.4 is 0 Å². The SMILES string of the molecule is [CH-]1CCCC1.[Cl][Rh+][Cl]. The average Bonchev–Trinajstić information content (AvgIpc) is 2.17. The van der Waals surface area contributed by atoms with Gasteiger partial charge in [0.05, 0.1) is 0 Å². The van der Waals surface area contributed by atoms with Crippen LogP contribution in [0.25, 0.3) is 0 Å². The van der Waals surface area contributed by atoms with Crippen molar-refractivity contribution in [2.24, 2.45) is 0 Å². The molecule has 0 saturated heterocycles. The summed E-state index contributed by atoms with van der Waals surface area (Å²) in [6.07, 6.45) is 8.00. The molecule has 1 aliphatic carbocycles. The predicted molar refractivity (Wildman–Crippen MR) is 34.5 cm³/mol. The molecular formula is C5H9Cl2Rh. The van der Waals surface area contributed by atoms with Gasteiger partial charge in [-0.3, -0.25) is 0 Å². The summed E-state index contributed by atoms with van der Waals surface area (Å²) in [5.41, 5.74) is 0. The molecule has 1 rings (SSSR count). The van der Waals surface area contributed by atoms with Crippen molar-refractivity contribution in [1.82, 2.24) is 0 Å². The molecule has 1 saturated carbocycles. The molecule has 0 nitrogen and oxygen atoms in total. The van der Waals surface area contributed by atoms with Crippen LogP contribution in [-0.4, -0.2) is 0 Å². The zero-order valence-corrected chi connectivity index (χ0v) is 7.65. The van der Waals surface area contributed by atoms with Crippen LogP contribution in [0.5, 0.6) is 0 Å².